The molecule has 0 saturated heterocycles. The first kappa shape index (κ1) is 11.5. The van der Waals surface area contributed by atoms with E-state index in [0.29, 0.717) is 5.69 Å². The molecule has 0 fully saturated rings. The van der Waals surface area contributed by atoms with Gasteiger partial charge in [0.15, 0.2) is 0 Å². The van der Waals surface area contributed by atoms with Gasteiger partial charge in [0, 0.05) is 0 Å². The molecular formula is C9H13N3O2S. The van der Waals surface area contributed by atoms with Crippen molar-refractivity contribution in [3.63, 3.8) is 0 Å². The van der Waals surface area contributed by atoms with Gasteiger partial charge in [-0.3, -0.25) is 4.31 Å². The molecule has 0 atom stereocenters. The van der Waals surface area contributed by atoms with Gasteiger partial charge < -0.3 is 5.73 Å². The molecule has 0 radical (unpaired) electrons. The van der Waals surface area contributed by atoms with Crippen LogP contribution in [-0.4, -0.2) is 15.0 Å². The summed E-state index contributed by atoms with van der Waals surface area (Å²) in [4.78, 5) is 0. The SMILES string of the molecule is NC=CCN(c1ccccc1)S(N)(=O)=O. The third kappa shape index (κ3) is 3.26. The standard InChI is InChI=1S/C9H13N3O2S/c10-7-4-8-12(15(11,13)14)9-5-2-1-3-6-9/h1-7H,8,10H2,(H2,11,13,14). The van der Waals surface area contributed by atoms with E-state index >= 15 is 0 Å². The van der Waals surface area contributed by atoms with Gasteiger partial charge in [0.1, 0.15) is 0 Å². The average molecular weight is 227 g/mol. The largest absolute Gasteiger partial charge is 0.405 e. The summed E-state index contributed by atoms with van der Waals surface area (Å²) in [7, 11) is -3.76. The van der Waals surface area contributed by atoms with Gasteiger partial charge >= 0.3 is 0 Å². The Morgan fingerprint density at radius 3 is 2.33 bits per heavy atom. The molecule has 1 aromatic rings. The minimum atomic E-state index is -3.76. The quantitative estimate of drug-likeness (QED) is 0.768. The molecule has 0 aliphatic rings. The van der Waals surface area contributed by atoms with E-state index in [9.17, 15) is 8.42 Å². The first-order valence-electron chi connectivity index (χ1n) is 4.28. The molecule has 0 amide bonds. The van der Waals surface area contributed by atoms with Gasteiger partial charge in [0.2, 0.25) is 0 Å². The summed E-state index contributed by atoms with van der Waals surface area (Å²) in [6.07, 6.45) is 2.79. The van der Waals surface area contributed by atoms with Crippen molar-refractivity contribution >= 4 is 15.9 Å². The Bertz CT molecular complexity index is 428. The maximum absolute atomic E-state index is 11.3. The van der Waals surface area contributed by atoms with Crippen LogP contribution in [0.15, 0.2) is 42.6 Å². The molecule has 0 aliphatic carbocycles. The number of hydrogen-bond donors (Lipinski definition) is 2. The maximum atomic E-state index is 11.3. The van der Waals surface area contributed by atoms with Crippen molar-refractivity contribution < 1.29 is 8.42 Å². The third-order valence-electron chi connectivity index (χ3n) is 1.76. The number of anilines is 1. The smallest absolute Gasteiger partial charge is 0.299 e. The first-order valence-corrected chi connectivity index (χ1v) is 5.78. The lowest BCUT2D eigenvalue weighted by atomic mass is 10.3. The zero-order chi connectivity index (χ0) is 11.3. The zero-order valence-electron chi connectivity index (χ0n) is 8.08. The van der Waals surface area contributed by atoms with Crippen LogP contribution < -0.4 is 15.2 Å². The van der Waals surface area contributed by atoms with E-state index in [1.165, 1.54) is 12.3 Å². The highest BCUT2D eigenvalue weighted by Gasteiger charge is 2.15. The van der Waals surface area contributed by atoms with Crippen LogP contribution in [0.4, 0.5) is 5.69 Å². The van der Waals surface area contributed by atoms with E-state index in [-0.39, 0.29) is 6.54 Å². The van der Waals surface area contributed by atoms with Gasteiger partial charge in [-0.1, -0.05) is 18.2 Å². The summed E-state index contributed by atoms with van der Waals surface area (Å²) in [5.74, 6) is 0. The normalized spacial score (nSPS) is 11.8. The van der Waals surface area contributed by atoms with Gasteiger partial charge in [0.25, 0.3) is 10.2 Å². The highest BCUT2D eigenvalue weighted by molar-refractivity contribution is 7.90. The van der Waals surface area contributed by atoms with Gasteiger partial charge in [-0.25, -0.2) is 5.14 Å². The number of para-hydroxylation sites is 1. The first-order chi connectivity index (χ1) is 7.05. The van der Waals surface area contributed by atoms with Gasteiger partial charge in [0.05, 0.1) is 12.2 Å². The number of nitrogens with zero attached hydrogens (tertiary/aromatic N) is 1. The average Bonchev–Trinajstić information content (AvgIpc) is 2.18. The van der Waals surface area contributed by atoms with Crippen molar-refractivity contribution in [2.24, 2.45) is 10.9 Å². The van der Waals surface area contributed by atoms with E-state index in [4.69, 9.17) is 10.9 Å². The summed E-state index contributed by atoms with van der Waals surface area (Å²) in [5, 5.41) is 5.08. The second kappa shape index (κ2) is 4.81. The van der Waals surface area contributed by atoms with Crippen molar-refractivity contribution in [3.8, 4) is 0 Å². The van der Waals surface area contributed by atoms with Crippen LogP contribution in [0.25, 0.3) is 0 Å². The highest BCUT2D eigenvalue weighted by Crippen LogP contribution is 2.14. The van der Waals surface area contributed by atoms with Gasteiger partial charge in [-0.05, 0) is 24.4 Å². The number of rotatable bonds is 4. The second-order valence-electron chi connectivity index (χ2n) is 2.84. The van der Waals surface area contributed by atoms with Gasteiger partial charge in [-0.15, -0.1) is 0 Å². The van der Waals surface area contributed by atoms with Crippen LogP contribution in [0, 0.1) is 0 Å². The Hall–Kier alpha value is -1.53. The molecule has 0 aromatic heterocycles. The monoisotopic (exact) mass is 227 g/mol. The lowest BCUT2D eigenvalue weighted by molar-refractivity contribution is 0.594. The fourth-order valence-corrected chi connectivity index (χ4v) is 1.82. The van der Waals surface area contributed by atoms with Crippen molar-refractivity contribution in [2.75, 3.05) is 10.8 Å². The molecule has 4 N–H and O–H groups in total. The van der Waals surface area contributed by atoms with Crippen molar-refractivity contribution in [3.05, 3.63) is 42.6 Å². The molecule has 6 heteroatoms. The molecular weight excluding hydrogens is 214 g/mol. The van der Waals surface area contributed by atoms with Gasteiger partial charge in [-0.2, -0.15) is 8.42 Å². The Kier molecular flexibility index (Phi) is 3.70. The fourth-order valence-electron chi connectivity index (χ4n) is 1.11. The molecule has 0 aliphatic heterocycles. The Balaban J connectivity index is 3.02. The molecule has 82 valence electrons. The lowest BCUT2D eigenvalue weighted by Gasteiger charge is -2.19. The minimum Gasteiger partial charge on any atom is -0.405 e. The molecule has 1 aromatic carbocycles. The molecule has 0 unspecified atom stereocenters. The summed E-state index contributed by atoms with van der Waals surface area (Å²) < 4.78 is 23.6. The summed E-state index contributed by atoms with van der Waals surface area (Å²) in [6.45, 7) is 0.124. The molecule has 0 spiro atoms. The Morgan fingerprint density at radius 2 is 1.87 bits per heavy atom. The summed E-state index contributed by atoms with van der Waals surface area (Å²) in [6, 6.07) is 8.59. The topological polar surface area (TPSA) is 89.4 Å². The molecule has 1 rings (SSSR count). The van der Waals surface area contributed by atoms with Crippen LogP contribution in [0.5, 0.6) is 0 Å². The van der Waals surface area contributed by atoms with Crippen LogP contribution in [0.3, 0.4) is 0 Å². The van der Waals surface area contributed by atoms with E-state index in [1.807, 2.05) is 0 Å². The van der Waals surface area contributed by atoms with Crippen molar-refractivity contribution in [1.82, 2.24) is 0 Å². The zero-order valence-corrected chi connectivity index (χ0v) is 8.89. The van der Waals surface area contributed by atoms with E-state index in [1.54, 1.807) is 30.3 Å². The molecule has 0 heterocycles. The summed E-state index contributed by atoms with van der Waals surface area (Å²) >= 11 is 0. The van der Waals surface area contributed by atoms with Crippen LogP contribution in [0.2, 0.25) is 0 Å². The fraction of sp³-hybridized carbons (Fsp3) is 0.111. The van der Waals surface area contributed by atoms with Crippen LogP contribution >= 0.6 is 0 Å². The van der Waals surface area contributed by atoms with E-state index < -0.39 is 10.2 Å². The second-order valence-corrected chi connectivity index (χ2v) is 4.31. The van der Waals surface area contributed by atoms with E-state index in [0.717, 1.165) is 4.31 Å². The maximum Gasteiger partial charge on any atom is 0.299 e. The number of nitrogens with two attached hydrogens (primary N) is 2. The van der Waals surface area contributed by atoms with E-state index in [2.05, 4.69) is 0 Å². The number of hydrogen-bond acceptors (Lipinski definition) is 3. The number of benzene rings is 1. The van der Waals surface area contributed by atoms with Crippen LogP contribution in [0.1, 0.15) is 0 Å². The molecule has 0 saturated carbocycles. The van der Waals surface area contributed by atoms with Crippen LogP contribution in [-0.2, 0) is 10.2 Å². The molecule has 0 bridgehead atoms. The highest BCUT2D eigenvalue weighted by atomic mass is 32.2. The third-order valence-corrected chi connectivity index (χ3v) is 2.73. The molecule has 15 heavy (non-hydrogen) atoms. The predicted octanol–water partition coefficient (Wildman–Crippen LogP) is 0.169. The Morgan fingerprint density at radius 1 is 1.27 bits per heavy atom. The lowest BCUT2D eigenvalue weighted by Crippen LogP contribution is -2.36. The Labute approximate surface area is 89.2 Å². The van der Waals surface area contributed by atoms with Crippen molar-refractivity contribution in [2.45, 2.75) is 0 Å². The van der Waals surface area contributed by atoms with Crippen molar-refractivity contribution in [1.29, 1.82) is 0 Å². The molecule has 5 nitrogen and oxygen atoms in total. The minimum absolute atomic E-state index is 0.124. The summed E-state index contributed by atoms with van der Waals surface area (Å²) in [5.41, 5.74) is 5.67. The predicted molar refractivity (Wildman–Crippen MR) is 60.2 cm³/mol.